The monoisotopic (exact) mass is 588 g/mol. The highest BCUT2D eigenvalue weighted by atomic mass is 16.7. The minimum Gasteiger partial charge on any atom is -0.462 e. The van der Waals surface area contributed by atoms with E-state index in [0.717, 1.165) is 6.42 Å². The third-order valence-electron chi connectivity index (χ3n) is 12.7. The number of fused-ring (bicyclic) bond motifs is 5. The topological polar surface area (TPSA) is 112 Å². The molecule has 0 aromatic rings. The van der Waals surface area contributed by atoms with Crippen molar-refractivity contribution < 1.29 is 38.7 Å². The van der Waals surface area contributed by atoms with Crippen molar-refractivity contribution in [3.8, 4) is 0 Å². The van der Waals surface area contributed by atoms with Gasteiger partial charge in [-0.05, 0) is 68.3 Å². The van der Waals surface area contributed by atoms with Crippen LogP contribution in [-0.2, 0) is 28.5 Å². The van der Waals surface area contributed by atoms with Crippen LogP contribution in [-0.4, -0.2) is 72.5 Å². The van der Waals surface area contributed by atoms with Gasteiger partial charge in [0, 0.05) is 43.8 Å². The summed E-state index contributed by atoms with van der Waals surface area (Å²) in [4.78, 5) is 25.7. The molecule has 8 heteroatoms. The van der Waals surface area contributed by atoms with Gasteiger partial charge in [0.25, 0.3) is 0 Å². The lowest BCUT2D eigenvalue weighted by Gasteiger charge is -2.67. The van der Waals surface area contributed by atoms with E-state index >= 15 is 0 Å². The number of rotatable bonds is 6. The van der Waals surface area contributed by atoms with Crippen LogP contribution in [0.5, 0.6) is 0 Å². The Morgan fingerprint density at radius 3 is 2.40 bits per heavy atom. The van der Waals surface area contributed by atoms with E-state index in [1.807, 2.05) is 33.8 Å². The SMILES string of the molecule is COC1OC(C(O)C(C)(C)OC)CC1C1CC=C2C1(C)CC(OC(C)=O)C1C3(C)C=CC(=O)C(C)(C)C3CC(O)C21C. The Bertz CT molecular complexity index is 1170. The van der Waals surface area contributed by atoms with Gasteiger partial charge in [-0.25, -0.2) is 0 Å². The average Bonchev–Trinajstić information content (AvgIpc) is 3.48. The van der Waals surface area contributed by atoms with Crippen molar-refractivity contribution in [3.63, 3.8) is 0 Å². The minimum absolute atomic E-state index is 0.0191. The lowest BCUT2D eigenvalue weighted by Crippen LogP contribution is -2.68. The summed E-state index contributed by atoms with van der Waals surface area (Å²) < 4.78 is 24.0. The van der Waals surface area contributed by atoms with E-state index < -0.39 is 58.0 Å². The standard InChI is InChI=1S/C34H52O8/c1-18(35)41-22-17-33(7)20(19-15-21(42-29(19)39-9)28(38)31(4,5)40-10)11-12-23(33)34(8)26(37)16-24-30(2,3)25(36)13-14-32(24,6)27(22)34/h12-14,19-22,24,26-29,37-38H,11,15-17H2,1-10H3. The van der Waals surface area contributed by atoms with Gasteiger partial charge < -0.3 is 29.2 Å². The van der Waals surface area contributed by atoms with Gasteiger partial charge in [0.15, 0.2) is 12.1 Å². The molecule has 236 valence electrons. The first kappa shape index (κ1) is 31.8. The molecule has 1 heterocycles. The molecule has 2 saturated carbocycles. The highest BCUT2D eigenvalue weighted by Gasteiger charge is 2.71. The normalized spacial score (nSPS) is 46.9. The first-order chi connectivity index (χ1) is 19.4. The summed E-state index contributed by atoms with van der Waals surface area (Å²) in [5.41, 5.74) is -1.75. The van der Waals surface area contributed by atoms with E-state index in [4.69, 9.17) is 18.9 Å². The highest BCUT2D eigenvalue weighted by molar-refractivity contribution is 5.95. The zero-order valence-electron chi connectivity index (χ0n) is 27.1. The van der Waals surface area contributed by atoms with Gasteiger partial charge in [-0.3, -0.25) is 9.59 Å². The molecule has 0 radical (unpaired) electrons. The van der Waals surface area contributed by atoms with E-state index in [1.165, 1.54) is 12.5 Å². The zero-order chi connectivity index (χ0) is 31.2. The van der Waals surface area contributed by atoms with E-state index in [1.54, 1.807) is 20.3 Å². The summed E-state index contributed by atoms with van der Waals surface area (Å²) in [6.07, 6.45) is 5.58. The predicted molar refractivity (Wildman–Crippen MR) is 157 cm³/mol. The lowest BCUT2D eigenvalue weighted by atomic mass is 9.37. The van der Waals surface area contributed by atoms with Gasteiger partial charge in [0.1, 0.15) is 12.2 Å². The molecule has 2 N–H and O–H groups in total. The van der Waals surface area contributed by atoms with E-state index in [9.17, 15) is 19.8 Å². The molecule has 3 fully saturated rings. The summed E-state index contributed by atoms with van der Waals surface area (Å²) in [5, 5.41) is 23.3. The smallest absolute Gasteiger partial charge is 0.302 e. The van der Waals surface area contributed by atoms with Crippen LogP contribution in [0.15, 0.2) is 23.8 Å². The van der Waals surface area contributed by atoms with Crippen molar-refractivity contribution in [1.29, 1.82) is 0 Å². The quantitative estimate of drug-likeness (QED) is 0.342. The Morgan fingerprint density at radius 2 is 1.81 bits per heavy atom. The van der Waals surface area contributed by atoms with Crippen molar-refractivity contribution >= 4 is 11.8 Å². The van der Waals surface area contributed by atoms with Gasteiger partial charge in [-0.15, -0.1) is 0 Å². The number of ketones is 1. The van der Waals surface area contributed by atoms with Gasteiger partial charge in [-0.1, -0.05) is 52.3 Å². The number of aliphatic hydroxyl groups excluding tert-OH is 2. The number of allylic oxidation sites excluding steroid dienone is 3. The summed E-state index contributed by atoms with van der Waals surface area (Å²) >= 11 is 0. The first-order valence-corrected chi connectivity index (χ1v) is 15.6. The molecule has 1 aliphatic heterocycles. The number of methoxy groups -OCH3 is 2. The number of carbonyl (C=O) groups excluding carboxylic acids is 2. The number of carbonyl (C=O) groups is 2. The third kappa shape index (κ3) is 4.33. The second-order valence-corrected chi connectivity index (χ2v) is 15.5. The number of esters is 1. The van der Waals surface area contributed by atoms with Crippen LogP contribution in [0.1, 0.15) is 81.1 Å². The van der Waals surface area contributed by atoms with Crippen LogP contribution in [0.3, 0.4) is 0 Å². The fraction of sp³-hybridized carbons (Fsp3) is 0.824. The lowest BCUT2D eigenvalue weighted by molar-refractivity contribution is -0.213. The van der Waals surface area contributed by atoms with Crippen LogP contribution in [0.2, 0.25) is 0 Å². The Hall–Kier alpha value is -1.58. The third-order valence-corrected chi connectivity index (χ3v) is 12.7. The van der Waals surface area contributed by atoms with Crippen molar-refractivity contribution in [1.82, 2.24) is 0 Å². The molecule has 0 bridgehead atoms. The van der Waals surface area contributed by atoms with Crippen molar-refractivity contribution in [3.05, 3.63) is 23.8 Å². The van der Waals surface area contributed by atoms with Gasteiger partial charge >= 0.3 is 5.97 Å². The molecule has 5 aliphatic rings. The van der Waals surface area contributed by atoms with Gasteiger partial charge in [0.05, 0.1) is 17.8 Å². The Morgan fingerprint density at radius 1 is 1.14 bits per heavy atom. The molecule has 42 heavy (non-hydrogen) atoms. The maximum atomic E-state index is 13.0. The molecule has 0 aromatic heterocycles. The van der Waals surface area contributed by atoms with Crippen LogP contribution in [0.4, 0.5) is 0 Å². The number of hydrogen-bond donors (Lipinski definition) is 2. The highest BCUT2D eigenvalue weighted by Crippen LogP contribution is 2.72. The van der Waals surface area contributed by atoms with E-state index in [-0.39, 0.29) is 35.4 Å². The Labute approximate surface area is 251 Å². The van der Waals surface area contributed by atoms with Crippen molar-refractivity contribution in [2.24, 2.45) is 45.3 Å². The second kappa shape index (κ2) is 10.2. The molecule has 0 spiro atoms. The number of hydrogen-bond acceptors (Lipinski definition) is 8. The molecule has 0 aromatic carbocycles. The number of ether oxygens (including phenoxy) is 4. The minimum atomic E-state index is -0.838. The summed E-state index contributed by atoms with van der Waals surface area (Å²) in [6.45, 7) is 15.7. The second-order valence-electron chi connectivity index (χ2n) is 15.5. The van der Waals surface area contributed by atoms with Crippen LogP contribution >= 0.6 is 0 Å². The molecular formula is C34H52O8. The van der Waals surface area contributed by atoms with E-state index in [0.29, 0.717) is 19.3 Å². The first-order valence-electron chi connectivity index (χ1n) is 15.6. The van der Waals surface area contributed by atoms with Crippen LogP contribution < -0.4 is 0 Å². The molecule has 12 atom stereocenters. The van der Waals surface area contributed by atoms with Gasteiger partial charge in [0.2, 0.25) is 0 Å². The van der Waals surface area contributed by atoms with Crippen LogP contribution in [0.25, 0.3) is 0 Å². The van der Waals surface area contributed by atoms with Gasteiger partial charge in [-0.2, -0.15) is 0 Å². The molecule has 0 amide bonds. The molecule has 12 unspecified atom stereocenters. The predicted octanol–water partition coefficient (Wildman–Crippen LogP) is 4.61. The fourth-order valence-electron chi connectivity index (χ4n) is 10.5. The maximum absolute atomic E-state index is 13.0. The summed E-state index contributed by atoms with van der Waals surface area (Å²) in [5.74, 6) is -0.496. The number of aliphatic hydroxyl groups is 2. The molecular weight excluding hydrogens is 536 g/mol. The van der Waals surface area contributed by atoms with Crippen molar-refractivity contribution in [2.45, 2.75) is 117 Å². The molecule has 8 nitrogen and oxygen atoms in total. The molecule has 4 aliphatic carbocycles. The van der Waals surface area contributed by atoms with Crippen LogP contribution in [0, 0.1) is 45.3 Å². The molecule has 5 rings (SSSR count). The van der Waals surface area contributed by atoms with E-state index in [2.05, 4.69) is 26.8 Å². The molecule has 1 saturated heterocycles. The summed E-state index contributed by atoms with van der Waals surface area (Å²) in [6, 6.07) is 0. The summed E-state index contributed by atoms with van der Waals surface area (Å²) in [7, 11) is 3.23. The maximum Gasteiger partial charge on any atom is 0.302 e. The Balaban J connectivity index is 1.56. The van der Waals surface area contributed by atoms with Crippen molar-refractivity contribution in [2.75, 3.05) is 14.2 Å². The zero-order valence-corrected chi connectivity index (χ0v) is 27.1. The average molecular weight is 589 g/mol. The fourth-order valence-corrected chi connectivity index (χ4v) is 10.5. The Kier molecular flexibility index (Phi) is 7.75. The largest absolute Gasteiger partial charge is 0.462 e.